The molecule has 3 rings (SSSR count). The van der Waals surface area contributed by atoms with Crippen LogP contribution in [0.2, 0.25) is 0 Å². The number of nitrogens with one attached hydrogen (secondary N) is 1. The van der Waals surface area contributed by atoms with Crippen molar-refractivity contribution < 1.29 is 14.3 Å². The summed E-state index contributed by atoms with van der Waals surface area (Å²) in [4.78, 5) is 35.0. The lowest BCUT2D eigenvalue weighted by Crippen LogP contribution is -2.49. The van der Waals surface area contributed by atoms with Gasteiger partial charge in [-0.1, -0.05) is 20.8 Å². The minimum Gasteiger partial charge on any atom is -0.410 e. The van der Waals surface area contributed by atoms with Gasteiger partial charge in [0.05, 0.1) is 11.2 Å². The van der Waals surface area contributed by atoms with Crippen molar-refractivity contribution in [2.45, 2.75) is 59.9 Å². The number of thiazole rings is 1. The number of ether oxygens (including phenoxy) is 1. The molecule has 1 aliphatic heterocycles. The third kappa shape index (κ3) is 7.81. The lowest BCUT2D eigenvalue weighted by Gasteiger charge is -2.34. The van der Waals surface area contributed by atoms with Crippen LogP contribution in [0.15, 0.2) is 29.8 Å². The van der Waals surface area contributed by atoms with Gasteiger partial charge in [-0.05, 0) is 63.3 Å². The van der Waals surface area contributed by atoms with Gasteiger partial charge in [-0.3, -0.25) is 9.69 Å². The van der Waals surface area contributed by atoms with Gasteiger partial charge in [0.1, 0.15) is 5.75 Å². The van der Waals surface area contributed by atoms with Gasteiger partial charge < -0.3 is 15.0 Å². The van der Waals surface area contributed by atoms with Crippen molar-refractivity contribution >= 4 is 23.3 Å². The third-order valence-electron chi connectivity index (χ3n) is 5.88. The summed E-state index contributed by atoms with van der Waals surface area (Å²) in [5.41, 5.74) is 3.35. The number of nitrogens with zero attached hydrogens (tertiary/aromatic N) is 3. The van der Waals surface area contributed by atoms with Gasteiger partial charge >= 0.3 is 6.09 Å². The number of carbonyl (C=O) groups is 2. The molecule has 2 heterocycles. The second-order valence-corrected chi connectivity index (χ2v) is 11.8. The third-order valence-corrected chi connectivity index (χ3v) is 6.87. The predicted molar refractivity (Wildman–Crippen MR) is 137 cm³/mol. The molecule has 1 aromatic heterocycles. The van der Waals surface area contributed by atoms with Gasteiger partial charge in [-0.15, -0.1) is 11.3 Å². The molecule has 1 aliphatic rings. The normalized spacial score (nSPS) is 15.3. The van der Waals surface area contributed by atoms with E-state index in [-0.39, 0.29) is 23.0 Å². The average molecular weight is 487 g/mol. The zero-order valence-electron chi connectivity index (χ0n) is 21.3. The maximum Gasteiger partial charge on any atom is 0.415 e. The van der Waals surface area contributed by atoms with Crippen molar-refractivity contribution in [1.29, 1.82) is 0 Å². The Kier molecular flexibility index (Phi) is 8.36. The van der Waals surface area contributed by atoms with E-state index in [4.69, 9.17) is 4.74 Å². The number of hydrogen-bond acceptors (Lipinski definition) is 6. The number of hydrogen-bond donors (Lipinski definition) is 1. The summed E-state index contributed by atoms with van der Waals surface area (Å²) in [5, 5.41) is 3.10. The molecule has 1 aromatic carbocycles. The Morgan fingerprint density at radius 1 is 1.06 bits per heavy atom. The minimum atomic E-state index is -0.346. The largest absolute Gasteiger partial charge is 0.415 e. The van der Waals surface area contributed by atoms with Crippen LogP contribution in [0.4, 0.5) is 4.79 Å². The SMILES string of the molecule is Cc1ncsc1CCN1CCN(C(=O)Oc2ccc(C(=O)NC(C)(C)CC(C)(C)C)cc2)CC1. The zero-order chi connectivity index (χ0) is 24.9. The Morgan fingerprint density at radius 3 is 2.26 bits per heavy atom. The maximum absolute atomic E-state index is 12.7. The van der Waals surface area contributed by atoms with Crippen LogP contribution in [-0.2, 0) is 6.42 Å². The molecule has 0 saturated carbocycles. The van der Waals surface area contributed by atoms with E-state index < -0.39 is 0 Å². The topological polar surface area (TPSA) is 74.8 Å². The molecule has 1 fully saturated rings. The number of amides is 2. The summed E-state index contributed by atoms with van der Waals surface area (Å²) in [6, 6.07) is 6.75. The van der Waals surface area contributed by atoms with Crippen LogP contribution in [0.5, 0.6) is 5.75 Å². The zero-order valence-corrected chi connectivity index (χ0v) is 22.1. The fourth-order valence-electron chi connectivity index (χ4n) is 4.57. The molecule has 0 unspecified atom stereocenters. The van der Waals surface area contributed by atoms with E-state index in [9.17, 15) is 9.59 Å². The molecule has 1 saturated heterocycles. The van der Waals surface area contributed by atoms with Crippen LogP contribution >= 0.6 is 11.3 Å². The molecule has 0 atom stereocenters. The highest BCUT2D eigenvalue weighted by atomic mass is 32.1. The van der Waals surface area contributed by atoms with Crippen molar-refractivity contribution in [3.63, 3.8) is 0 Å². The second-order valence-electron chi connectivity index (χ2n) is 10.9. The quantitative estimate of drug-likeness (QED) is 0.611. The van der Waals surface area contributed by atoms with Gasteiger partial charge in [-0.25, -0.2) is 9.78 Å². The number of carbonyl (C=O) groups excluding carboxylic acids is 2. The Labute approximate surface area is 207 Å². The molecule has 34 heavy (non-hydrogen) atoms. The average Bonchev–Trinajstić information content (AvgIpc) is 3.15. The van der Waals surface area contributed by atoms with E-state index in [2.05, 4.69) is 36.0 Å². The summed E-state index contributed by atoms with van der Waals surface area (Å²) < 4.78 is 5.56. The van der Waals surface area contributed by atoms with E-state index >= 15 is 0 Å². The Balaban J connectivity index is 1.45. The van der Waals surface area contributed by atoms with Crippen molar-refractivity contribution in [2.24, 2.45) is 5.41 Å². The lowest BCUT2D eigenvalue weighted by molar-refractivity contribution is 0.0891. The predicted octanol–water partition coefficient (Wildman–Crippen LogP) is 4.76. The second kappa shape index (κ2) is 10.9. The first-order chi connectivity index (χ1) is 15.9. The van der Waals surface area contributed by atoms with E-state index in [0.29, 0.717) is 24.4 Å². The molecule has 0 bridgehead atoms. The molecular weight excluding hydrogens is 448 g/mol. The van der Waals surface area contributed by atoms with Crippen LogP contribution in [-0.4, -0.2) is 65.0 Å². The van der Waals surface area contributed by atoms with Gasteiger partial charge in [0, 0.05) is 48.7 Å². The van der Waals surface area contributed by atoms with E-state index in [1.54, 1.807) is 40.5 Å². The monoisotopic (exact) mass is 486 g/mol. The maximum atomic E-state index is 12.7. The van der Waals surface area contributed by atoms with Crippen molar-refractivity contribution in [3.05, 3.63) is 45.9 Å². The highest BCUT2D eigenvalue weighted by Crippen LogP contribution is 2.27. The van der Waals surface area contributed by atoms with Crippen LogP contribution in [0.1, 0.15) is 62.0 Å². The molecule has 1 N–H and O–H groups in total. The first kappa shape index (κ1) is 26.2. The molecule has 7 nitrogen and oxygen atoms in total. The molecule has 2 amide bonds. The Morgan fingerprint density at radius 2 is 1.71 bits per heavy atom. The van der Waals surface area contributed by atoms with E-state index in [1.165, 1.54) is 4.88 Å². The van der Waals surface area contributed by atoms with Gasteiger partial charge in [0.25, 0.3) is 5.91 Å². The van der Waals surface area contributed by atoms with Gasteiger partial charge in [0.2, 0.25) is 0 Å². The van der Waals surface area contributed by atoms with E-state index in [0.717, 1.165) is 38.2 Å². The number of rotatable bonds is 7. The van der Waals surface area contributed by atoms with Crippen LogP contribution in [0, 0.1) is 12.3 Å². The summed E-state index contributed by atoms with van der Waals surface area (Å²) in [6.45, 7) is 16.5. The Bertz CT molecular complexity index is 971. The minimum absolute atomic E-state index is 0.112. The molecule has 0 radical (unpaired) electrons. The number of aromatic nitrogens is 1. The van der Waals surface area contributed by atoms with Crippen LogP contribution in [0.25, 0.3) is 0 Å². The van der Waals surface area contributed by atoms with Crippen molar-refractivity contribution in [2.75, 3.05) is 32.7 Å². The van der Waals surface area contributed by atoms with Gasteiger partial charge in [0.15, 0.2) is 0 Å². The molecule has 186 valence electrons. The van der Waals surface area contributed by atoms with Gasteiger partial charge in [-0.2, -0.15) is 0 Å². The highest BCUT2D eigenvalue weighted by molar-refractivity contribution is 7.09. The number of aryl methyl sites for hydroxylation is 1. The van der Waals surface area contributed by atoms with Crippen LogP contribution in [0.3, 0.4) is 0 Å². The molecule has 8 heteroatoms. The number of piperazine rings is 1. The smallest absolute Gasteiger partial charge is 0.410 e. The first-order valence-electron chi connectivity index (χ1n) is 11.9. The molecule has 2 aromatic rings. The standard InChI is InChI=1S/C26H38N4O3S/c1-19-22(34-18-27-19)11-12-29-13-15-30(16-14-29)24(32)33-21-9-7-20(8-10-21)23(31)28-26(5,6)17-25(2,3)4/h7-10,18H,11-17H2,1-6H3,(H,28,31). The highest BCUT2D eigenvalue weighted by Gasteiger charge is 2.27. The number of benzene rings is 1. The lowest BCUT2D eigenvalue weighted by atomic mass is 9.81. The Hall–Kier alpha value is -2.45. The van der Waals surface area contributed by atoms with Crippen molar-refractivity contribution in [3.8, 4) is 5.75 Å². The van der Waals surface area contributed by atoms with E-state index in [1.807, 2.05) is 26.3 Å². The van der Waals surface area contributed by atoms with Crippen molar-refractivity contribution in [1.82, 2.24) is 20.1 Å². The summed E-state index contributed by atoms with van der Waals surface area (Å²) >= 11 is 1.70. The molecule has 0 spiro atoms. The molecule has 0 aliphatic carbocycles. The summed E-state index contributed by atoms with van der Waals surface area (Å²) in [7, 11) is 0. The summed E-state index contributed by atoms with van der Waals surface area (Å²) in [5.74, 6) is 0.315. The fraction of sp³-hybridized carbons (Fsp3) is 0.577. The first-order valence-corrected chi connectivity index (χ1v) is 12.8. The van der Waals surface area contributed by atoms with Crippen LogP contribution < -0.4 is 10.1 Å². The fourth-order valence-corrected chi connectivity index (χ4v) is 5.34. The molecular formula is C26H38N4O3S. The summed E-state index contributed by atoms with van der Waals surface area (Å²) in [6.07, 6.45) is 1.51.